The van der Waals surface area contributed by atoms with Gasteiger partial charge < -0.3 is 0 Å². The molecule has 0 aromatic heterocycles. The van der Waals surface area contributed by atoms with E-state index in [1.165, 1.54) is 28.4 Å². The first kappa shape index (κ1) is 21.9. The second-order valence-corrected chi connectivity index (χ2v) is 15.5. The number of likely N-dealkylation sites (N-methyl/N-ethyl adjacent to an activating group) is 2. The summed E-state index contributed by atoms with van der Waals surface area (Å²) in [7, 11) is -2.47. The number of hydrogen-bond donors (Lipinski definition) is 0. The van der Waals surface area contributed by atoms with Crippen LogP contribution in [0.3, 0.4) is 0 Å². The molecule has 0 bridgehead atoms. The van der Waals surface area contributed by atoms with Crippen molar-refractivity contribution < 1.29 is 36.3 Å². The molecule has 0 unspecified atom stereocenters. The molecule has 25 heavy (non-hydrogen) atoms. The second-order valence-electron chi connectivity index (χ2n) is 5.93. The van der Waals surface area contributed by atoms with Crippen molar-refractivity contribution in [3.8, 4) is 0 Å². The molecule has 2 heterocycles. The molecule has 2 aliphatic heterocycles. The normalized spacial score (nSPS) is 26.3. The predicted octanol–water partition coefficient (Wildman–Crippen LogP) is 2.42. The van der Waals surface area contributed by atoms with E-state index in [2.05, 4.69) is 0 Å². The van der Waals surface area contributed by atoms with Crippen LogP contribution in [-0.4, -0.2) is 89.7 Å². The molecule has 1 spiro atoms. The average Bonchev–Trinajstić information content (AvgIpc) is 3.14. The van der Waals surface area contributed by atoms with Gasteiger partial charge in [0.05, 0.1) is 0 Å². The zero-order valence-electron chi connectivity index (χ0n) is 15.6. The predicted molar refractivity (Wildman–Crippen MR) is 96.0 cm³/mol. The van der Waals surface area contributed by atoms with Crippen LogP contribution in [-0.2, 0) is 36.3 Å². The van der Waals surface area contributed by atoms with Crippen molar-refractivity contribution in [3.63, 3.8) is 0 Å². The van der Waals surface area contributed by atoms with Crippen LogP contribution in [0.4, 0.5) is 0 Å². The molecular weight excluding hydrogens is 393 g/mol. The van der Waals surface area contributed by atoms with Crippen LogP contribution in [0.2, 0.25) is 0 Å². The van der Waals surface area contributed by atoms with Gasteiger partial charge in [0.25, 0.3) is 0 Å². The number of hydrogen-bond acceptors (Lipinski definition) is 10. The second kappa shape index (κ2) is 7.53. The Morgan fingerprint density at radius 1 is 0.880 bits per heavy atom. The number of nitrogens with zero attached hydrogens (tertiary/aromatic N) is 2. The third-order valence-electron chi connectivity index (χ3n) is 5.10. The van der Waals surface area contributed by atoms with Gasteiger partial charge in [-0.3, -0.25) is 0 Å². The van der Waals surface area contributed by atoms with Crippen LogP contribution in [0.25, 0.3) is 0 Å². The molecule has 2 fully saturated rings. The molecule has 0 aliphatic carbocycles. The van der Waals surface area contributed by atoms with E-state index in [9.17, 15) is 9.13 Å². The monoisotopic (exact) mass is 422 g/mol. The average molecular weight is 422 g/mol. The Balaban J connectivity index is 2.59. The van der Waals surface area contributed by atoms with Crippen molar-refractivity contribution >= 4 is 22.6 Å². The van der Waals surface area contributed by atoms with Gasteiger partial charge in [-0.15, -0.1) is 0 Å². The van der Waals surface area contributed by atoms with Crippen molar-refractivity contribution in [2.45, 2.75) is 5.40 Å². The molecule has 2 aliphatic rings. The molecular formula is C12H29N2O8P3. The maximum atomic E-state index is 13.2. The topological polar surface area (TPSA) is 96.0 Å². The van der Waals surface area contributed by atoms with Gasteiger partial charge in [-0.25, -0.2) is 0 Å². The van der Waals surface area contributed by atoms with Crippen molar-refractivity contribution in [1.82, 2.24) is 9.34 Å². The first-order chi connectivity index (χ1) is 11.7. The van der Waals surface area contributed by atoms with Crippen LogP contribution in [0.1, 0.15) is 0 Å². The van der Waals surface area contributed by atoms with E-state index in [-0.39, 0.29) is 6.16 Å². The molecule has 0 atom stereocenters. The van der Waals surface area contributed by atoms with E-state index in [1.807, 2.05) is 23.4 Å². The molecule has 0 amide bonds. The van der Waals surface area contributed by atoms with Gasteiger partial charge in [0.15, 0.2) is 0 Å². The summed E-state index contributed by atoms with van der Waals surface area (Å²) in [4.78, 5) is 0. The Labute approximate surface area is 149 Å². The fourth-order valence-electron chi connectivity index (χ4n) is 3.47. The summed E-state index contributed by atoms with van der Waals surface area (Å²) in [5.74, 6) is 0. The minimum atomic E-state index is -3.83. The summed E-state index contributed by atoms with van der Waals surface area (Å²) in [6.45, 7) is 2.20. The van der Waals surface area contributed by atoms with Crippen LogP contribution in [0.15, 0.2) is 0 Å². The van der Waals surface area contributed by atoms with Gasteiger partial charge in [0.1, 0.15) is 0 Å². The van der Waals surface area contributed by atoms with Crippen LogP contribution in [0.5, 0.6) is 0 Å². The Kier molecular flexibility index (Phi) is 6.59. The molecule has 2 saturated heterocycles. The number of rotatable bonds is 8. The molecule has 0 N–H and O–H groups in total. The summed E-state index contributed by atoms with van der Waals surface area (Å²) in [5.41, 5.74) is 0. The molecule has 0 radical (unpaired) electrons. The van der Waals surface area contributed by atoms with Crippen molar-refractivity contribution in [1.29, 1.82) is 0 Å². The zero-order valence-corrected chi connectivity index (χ0v) is 18.3. The van der Waals surface area contributed by atoms with E-state index in [0.717, 1.165) is 0 Å². The molecule has 0 aromatic carbocycles. The molecule has 0 saturated carbocycles. The van der Waals surface area contributed by atoms with E-state index < -0.39 is 28.0 Å². The quantitative estimate of drug-likeness (QED) is 0.543. The van der Waals surface area contributed by atoms with Gasteiger partial charge >= 0.3 is 149 Å². The summed E-state index contributed by atoms with van der Waals surface area (Å²) < 4.78 is 63.5. The Morgan fingerprint density at radius 3 is 1.48 bits per heavy atom. The summed E-state index contributed by atoms with van der Waals surface area (Å²) in [6.07, 6.45) is 0.0243. The molecule has 2 rings (SSSR count). The summed E-state index contributed by atoms with van der Waals surface area (Å²) in [5, 5.41) is -1.19. The van der Waals surface area contributed by atoms with Gasteiger partial charge in [0, 0.05) is 0 Å². The van der Waals surface area contributed by atoms with Crippen LogP contribution in [0, 0.1) is 0 Å². The fourth-order valence-corrected chi connectivity index (χ4v) is 15.1. The SMILES string of the molecule is COP(=O)(OC)C(CP12(OCCN1C)OCCN2C)P(=O)(OC)OC. The van der Waals surface area contributed by atoms with E-state index >= 15 is 0 Å². The minimum absolute atomic E-state index is 0.0243. The van der Waals surface area contributed by atoms with E-state index in [0.29, 0.717) is 26.3 Å². The Morgan fingerprint density at radius 2 is 1.24 bits per heavy atom. The van der Waals surface area contributed by atoms with E-state index in [4.69, 9.17) is 27.1 Å². The fraction of sp³-hybridized carbons (Fsp3) is 1.00. The van der Waals surface area contributed by atoms with Gasteiger partial charge in [0.2, 0.25) is 0 Å². The third-order valence-corrected chi connectivity index (χ3v) is 16.7. The molecule has 0 aromatic rings. The maximum absolute atomic E-state index is 13.2. The van der Waals surface area contributed by atoms with Gasteiger partial charge in [-0.05, 0) is 0 Å². The van der Waals surface area contributed by atoms with Crippen molar-refractivity contribution in [3.05, 3.63) is 0 Å². The van der Waals surface area contributed by atoms with Crippen LogP contribution >= 0.6 is 22.6 Å². The van der Waals surface area contributed by atoms with E-state index in [1.54, 1.807) is 0 Å². The first-order valence-corrected chi connectivity index (χ1v) is 13.2. The first-order valence-electron chi connectivity index (χ1n) is 7.84. The molecule has 10 nitrogen and oxygen atoms in total. The Hall–Kier alpha value is 0.570. The molecule has 150 valence electrons. The van der Waals surface area contributed by atoms with Gasteiger partial charge in [-0.2, -0.15) is 0 Å². The third kappa shape index (κ3) is 3.20. The summed E-state index contributed by atoms with van der Waals surface area (Å²) >= 11 is 0. The molecule has 13 heteroatoms. The zero-order chi connectivity index (χ0) is 19.0. The standard InChI is InChI=1S/C12H29N2O8P3/c1-13-7-9-21-25(13,14(2)8-10-22-25)11-12(23(15,17-3)18-4)24(16,19-5)20-6/h12H,7-11H2,1-6H3. The van der Waals surface area contributed by atoms with Crippen molar-refractivity contribution in [2.24, 2.45) is 0 Å². The van der Waals surface area contributed by atoms with Crippen LogP contribution < -0.4 is 0 Å². The summed E-state index contributed by atoms with van der Waals surface area (Å²) in [6, 6.07) is 0. The van der Waals surface area contributed by atoms with Crippen molar-refractivity contribution in [2.75, 3.05) is 75.0 Å². The van der Waals surface area contributed by atoms with Gasteiger partial charge in [-0.1, -0.05) is 0 Å². The Bertz CT molecular complexity index is 529.